The normalized spacial score (nSPS) is 12.1. The molecule has 0 radical (unpaired) electrons. The lowest BCUT2D eigenvalue weighted by Gasteiger charge is -2.19. The van der Waals surface area contributed by atoms with Gasteiger partial charge in [-0.25, -0.2) is 0 Å². The van der Waals surface area contributed by atoms with Gasteiger partial charge in [0.1, 0.15) is 5.49 Å². The van der Waals surface area contributed by atoms with E-state index in [1.54, 1.807) is 10.8 Å². The topological polar surface area (TPSA) is 97.9 Å². The van der Waals surface area contributed by atoms with Gasteiger partial charge >= 0.3 is 0 Å². The fourth-order valence-corrected chi connectivity index (χ4v) is 2.43. The van der Waals surface area contributed by atoms with Gasteiger partial charge in [-0.15, -0.1) is 0 Å². The van der Waals surface area contributed by atoms with E-state index < -0.39 is 5.91 Å². The maximum atomic E-state index is 11.4. The van der Waals surface area contributed by atoms with E-state index in [1.807, 2.05) is 31.2 Å². The third kappa shape index (κ3) is 3.15. The van der Waals surface area contributed by atoms with Crippen molar-refractivity contribution in [2.24, 2.45) is 11.5 Å². The third-order valence-corrected chi connectivity index (χ3v) is 3.62. The summed E-state index contributed by atoms with van der Waals surface area (Å²) < 4.78 is 1.62. The van der Waals surface area contributed by atoms with Crippen LogP contribution in [0.3, 0.4) is 0 Å². The number of rotatable bonds is 4. The number of nitrogens with zero attached hydrogens (tertiary/aromatic N) is 1. The first-order chi connectivity index (χ1) is 9.93. The van der Waals surface area contributed by atoms with E-state index in [2.05, 4.69) is 0 Å². The van der Waals surface area contributed by atoms with Gasteiger partial charge in [-0.3, -0.25) is 10.2 Å². The van der Waals surface area contributed by atoms with Gasteiger partial charge < -0.3 is 16.0 Å². The Hall–Kier alpha value is -2.11. The van der Waals surface area contributed by atoms with E-state index in [-0.39, 0.29) is 17.1 Å². The maximum Gasteiger partial charge on any atom is 0.252 e. The van der Waals surface area contributed by atoms with E-state index in [0.29, 0.717) is 11.6 Å². The number of primary amides is 1. The number of carbonyl (C=O) groups excluding carboxylic acids is 1. The van der Waals surface area contributed by atoms with E-state index >= 15 is 0 Å². The Balaban J connectivity index is 2.55. The van der Waals surface area contributed by atoms with Gasteiger partial charge in [0.15, 0.2) is 0 Å². The molecule has 0 spiro atoms. The summed E-state index contributed by atoms with van der Waals surface area (Å²) in [7, 11) is 0. The average Bonchev–Trinajstić information content (AvgIpc) is 2.48. The number of hydrogen-bond donors (Lipinski definition) is 3. The average molecular weight is 305 g/mol. The van der Waals surface area contributed by atoms with Crippen molar-refractivity contribution in [3.63, 3.8) is 0 Å². The van der Waals surface area contributed by atoms with Crippen LogP contribution in [0.4, 0.5) is 0 Å². The van der Waals surface area contributed by atoms with Crippen molar-refractivity contribution in [2.75, 3.05) is 0 Å². The highest BCUT2D eigenvalue weighted by Gasteiger charge is 2.14. The summed E-state index contributed by atoms with van der Waals surface area (Å²) in [5.41, 5.74) is 13.1. The Kier molecular flexibility index (Phi) is 4.45. The molecule has 2 rings (SSSR count). The van der Waals surface area contributed by atoms with Gasteiger partial charge in [-0.1, -0.05) is 35.9 Å². The molecule has 21 heavy (non-hydrogen) atoms. The van der Waals surface area contributed by atoms with Crippen molar-refractivity contribution < 1.29 is 4.79 Å². The predicted molar refractivity (Wildman–Crippen MR) is 82.0 cm³/mol. The lowest BCUT2D eigenvalue weighted by molar-refractivity contribution is 0.0997. The highest BCUT2D eigenvalue weighted by molar-refractivity contribution is 6.30. The summed E-state index contributed by atoms with van der Waals surface area (Å²) >= 11 is 6.02. The van der Waals surface area contributed by atoms with Gasteiger partial charge in [-0.2, -0.15) is 0 Å². The summed E-state index contributed by atoms with van der Waals surface area (Å²) in [6, 6.07) is 9.02. The first-order valence-electron chi connectivity index (χ1n) is 6.49. The van der Waals surface area contributed by atoms with Crippen LogP contribution in [0.2, 0.25) is 5.02 Å². The van der Waals surface area contributed by atoms with Crippen LogP contribution in [-0.2, 0) is 6.54 Å². The van der Waals surface area contributed by atoms with E-state index in [9.17, 15) is 4.79 Å². The Morgan fingerprint density at radius 2 is 2.14 bits per heavy atom. The van der Waals surface area contributed by atoms with E-state index in [0.717, 1.165) is 11.1 Å². The number of pyridine rings is 1. The number of hydrogen-bond acceptors (Lipinski definition) is 3. The lowest BCUT2D eigenvalue weighted by Crippen LogP contribution is -2.31. The molecule has 1 unspecified atom stereocenters. The van der Waals surface area contributed by atoms with Crippen LogP contribution in [0.5, 0.6) is 0 Å². The second-order valence-electron chi connectivity index (χ2n) is 4.82. The summed E-state index contributed by atoms with van der Waals surface area (Å²) in [6.45, 7) is 2.37. The minimum absolute atomic E-state index is 0.0394. The second-order valence-corrected chi connectivity index (χ2v) is 5.25. The van der Waals surface area contributed by atoms with Gasteiger partial charge in [0.25, 0.3) is 5.91 Å². The molecule has 0 aliphatic carbocycles. The minimum Gasteiger partial charge on any atom is -0.365 e. The van der Waals surface area contributed by atoms with Gasteiger partial charge in [0.2, 0.25) is 0 Å². The van der Waals surface area contributed by atoms with Crippen LogP contribution < -0.4 is 17.0 Å². The second kappa shape index (κ2) is 6.11. The SMILES string of the molecule is CC(c1cccc(CN)c1)n1cc(Cl)cc(C(N)=O)c1=N. The van der Waals surface area contributed by atoms with Gasteiger partial charge in [0, 0.05) is 12.7 Å². The molecule has 1 aromatic carbocycles. The number of halogens is 1. The predicted octanol–water partition coefficient (Wildman–Crippen LogP) is 1.79. The molecule has 5 nitrogen and oxygen atoms in total. The van der Waals surface area contributed by atoms with Crippen LogP contribution in [0.15, 0.2) is 36.5 Å². The first kappa shape index (κ1) is 15.3. The number of carbonyl (C=O) groups is 1. The summed E-state index contributed by atoms with van der Waals surface area (Å²) in [5, 5.41) is 8.49. The first-order valence-corrected chi connectivity index (χ1v) is 6.86. The van der Waals surface area contributed by atoms with Crippen LogP contribution in [0.1, 0.15) is 34.5 Å². The molecule has 0 fully saturated rings. The highest BCUT2D eigenvalue weighted by atomic mass is 35.5. The van der Waals surface area contributed by atoms with Crippen molar-refractivity contribution in [3.8, 4) is 0 Å². The molecule has 2 aromatic rings. The number of nitrogens with two attached hydrogens (primary N) is 2. The molecular weight excluding hydrogens is 288 g/mol. The molecule has 1 amide bonds. The smallest absolute Gasteiger partial charge is 0.252 e. The van der Waals surface area contributed by atoms with Crippen molar-refractivity contribution in [3.05, 3.63) is 63.7 Å². The van der Waals surface area contributed by atoms with Crippen LogP contribution in [-0.4, -0.2) is 10.5 Å². The van der Waals surface area contributed by atoms with Crippen molar-refractivity contribution >= 4 is 17.5 Å². The molecule has 0 aliphatic heterocycles. The van der Waals surface area contributed by atoms with Gasteiger partial charge in [0.05, 0.1) is 16.6 Å². The minimum atomic E-state index is -0.667. The Morgan fingerprint density at radius 3 is 2.76 bits per heavy atom. The number of amides is 1. The fourth-order valence-electron chi connectivity index (χ4n) is 2.21. The Morgan fingerprint density at radius 1 is 1.43 bits per heavy atom. The molecule has 0 aliphatic rings. The van der Waals surface area contributed by atoms with E-state index in [4.69, 9.17) is 28.5 Å². The molecular formula is C15H17ClN4O. The third-order valence-electron chi connectivity index (χ3n) is 3.41. The fraction of sp³-hybridized carbons (Fsp3) is 0.200. The maximum absolute atomic E-state index is 11.4. The molecule has 110 valence electrons. The molecule has 0 saturated heterocycles. The molecule has 1 aromatic heterocycles. The number of aromatic nitrogens is 1. The molecule has 1 heterocycles. The molecule has 0 saturated carbocycles. The zero-order chi connectivity index (χ0) is 15.6. The van der Waals surface area contributed by atoms with Gasteiger partial charge in [-0.05, 0) is 24.1 Å². The van der Waals surface area contributed by atoms with Crippen LogP contribution in [0, 0.1) is 5.41 Å². The standard InChI is InChI=1S/C15H17ClN4O/c1-9(11-4-2-3-10(5-11)7-17)20-8-12(16)6-13(14(20)18)15(19)21/h2-6,8-9,18H,7,17H2,1H3,(H2,19,21). The summed E-state index contributed by atoms with van der Waals surface area (Å²) in [4.78, 5) is 11.4. The quantitative estimate of drug-likeness (QED) is 0.802. The lowest BCUT2D eigenvalue weighted by atomic mass is 10.0. The summed E-state index contributed by atoms with van der Waals surface area (Å²) in [5.74, 6) is -0.667. The molecule has 5 N–H and O–H groups in total. The van der Waals surface area contributed by atoms with Crippen molar-refractivity contribution in [1.82, 2.24) is 4.57 Å². The Bertz CT molecular complexity index is 739. The highest BCUT2D eigenvalue weighted by Crippen LogP contribution is 2.19. The van der Waals surface area contributed by atoms with Crippen LogP contribution >= 0.6 is 11.6 Å². The molecule has 6 heteroatoms. The van der Waals surface area contributed by atoms with Crippen molar-refractivity contribution in [1.29, 1.82) is 5.41 Å². The monoisotopic (exact) mass is 304 g/mol. The molecule has 0 bridgehead atoms. The summed E-state index contributed by atoms with van der Waals surface area (Å²) in [6.07, 6.45) is 1.62. The Labute approximate surface area is 127 Å². The number of benzene rings is 1. The molecule has 1 atom stereocenters. The van der Waals surface area contributed by atoms with Crippen molar-refractivity contribution in [2.45, 2.75) is 19.5 Å². The van der Waals surface area contributed by atoms with Crippen LogP contribution in [0.25, 0.3) is 0 Å². The zero-order valence-corrected chi connectivity index (χ0v) is 12.4. The van der Waals surface area contributed by atoms with E-state index in [1.165, 1.54) is 6.07 Å². The zero-order valence-electron chi connectivity index (χ0n) is 11.6. The number of nitrogens with one attached hydrogen (secondary N) is 1. The largest absolute Gasteiger partial charge is 0.365 e.